The van der Waals surface area contributed by atoms with Crippen molar-refractivity contribution in [1.82, 2.24) is 0 Å². The minimum Gasteiger partial charge on any atom is -0.444 e. The summed E-state index contributed by atoms with van der Waals surface area (Å²) in [6.45, 7) is 4.11. The third kappa shape index (κ3) is 10.5. The summed E-state index contributed by atoms with van der Waals surface area (Å²) in [7, 11) is 0. The van der Waals surface area contributed by atoms with Crippen LogP contribution in [0.25, 0.3) is 6.08 Å². The van der Waals surface area contributed by atoms with E-state index >= 15 is 0 Å². The van der Waals surface area contributed by atoms with Crippen LogP contribution in [-0.2, 0) is 22.7 Å². The van der Waals surface area contributed by atoms with Gasteiger partial charge < -0.3 is 9.47 Å². The van der Waals surface area contributed by atoms with Gasteiger partial charge in [0.05, 0.1) is 5.02 Å². The van der Waals surface area contributed by atoms with E-state index in [2.05, 4.69) is 33.1 Å². The molecule has 200 valence electrons. The van der Waals surface area contributed by atoms with Crippen LogP contribution >= 0.6 is 39.1 Å². The van der Waals surface area contributed by atoms with Gasteiger partial charge in [-0.25, -0.2) is 9.59 Å². The minimum absolute atomic E-state index is 0.227. The van der Waals surface area contributed by atoms with E-state index in [1.54, 1.807) is 42.5 Å². The summed E-state index contributed by atoms with van der Waals surface area (Å²) in [5.74, 6) is 0. The highest BCUT2D eigenvalue weighted by atomic mass is 79.9. The standard InChI is InChI=1S/C16H14ClNO2.C14H11BrClNO2/c1-2-13-8-9-14(10-15(13)17)18-16(19)20-11-12-6-4-3-5-7-12;15-12-7-6-11(8-13(12)16)17-14(18)19-9-10-4-2-1-3-5-10/h2-10H,1,11H2,(H,18,19);1-8H,9H2,(H,17,18). The van der Waals surface area contributed by atoms with Gasteiger partial charge in [-0.3, -0.25) is 10.6 Å². The van der Waals surface area contributed by atoms with Crippen molar-refractivity contribution < 1.29 is 19.1 Å². The summed E-state index contributed by atoms with van der Waals surface area (Å²) in [5.41, 5.74) is 3.86. The van der Waals surface area contributed by atoms with Crippen LogP contribution in [0, 0.1) is 0 Å². The number of hydrogen-bond donors (Lipinski definition) is 2. The van der Waals surface area contributed by atoms with Crippen molar-refractivity contribution in [3.8, 4) is 0 Å². The van der Waals surface area contributed by atoms with Crippen molar-refractivity contribution in [2.45, 2.75) is 13.2 Å². The average Bonchev–Trinajstić information content (AvgIpc) is 2.94. The Morgan fingerprint density at radius 3 is 1.62 bits per heavy atom. The third-order valence-electron chi connectivity index (χ3n) is 5.06. The summed E-state index contributed by atoms with van der Waals surface area (Å²) in [6, 6.07) is 29.3. The molecule has 0 saturated carbocycles. The summed E-state index contributed by atoms with van der Waals surface area (Å²) >= 11 is 15.2. The van der Waals surface area contributed by atoms with Gasteiger partial charge in [-0.05, 0) is 63.0 Å². The Morgan fingerprint density at radius 1 is 0.718 bits per heavy atom. The van der Waals surface area contributed by atoms with Crippen LogP contribution in [0.5, 0.6) is 0 Å². The molecule has 0 aromatic heterocycles. The predicted molar refractivity (Wildman–Crippen MR) is 161 cm³/mol. The Kier molecular flexibility index (Phi) is 11.9. The number of amides is 2. The smallest absolute Gasteiger partial charge is 0.411 e. The van der Waals surface area contributed by atoms with E-state index in [1.807, 2.05) is 60.7 Å². The quantitative estimate of drug-likeness (QED) is 0.214. The maximum absolute atomic E-state index is 11.7. The number of nitrogens with one attached hydrogen (secondary N) is 2. The number of rotatable bonds is 7. The molecule has 0 spiro atoms. The fourth-order valence-corrected chi connectivity index (χ4v) is 3.78. The molecule has 0 aliphatic carbocycles. The molecule has 0 bridgehead atoms. The van der Waals surface area contributed by atoms with E-state index in [1.165, 1.54) is 0 Å². The second-order valence-electron chi connectivity index (χ2n) is 7.94. The highest BCUT2D eigenvalue weighted by molar-refractivity contribution is 9.10. The lowest BCUT2D eigenvalue weighted by Crippen LogP contribution is -2.13. The Bertz CT molecular complexity index is 1400. The maximum atomic E-state index is 11.7. The maximum Gasteiger partial charge on any atom is 0.411 e. The topological polar surface area (TPSA) is 76.7 Å². The fourth-order valence-electron chi connectivity index (χ4n) is 3.10. The molecule has 9 heteroatoms. The molecule has 6 nitrogen and oxygen atoms in total. The van der Waals surface area contributed by atoms with Gasteiger partial charge >= 0.3 is 12.2 Å². The van der Waals surface area contributed by atoms with Crippen molar-refractivity contribution in [2.24, 2.45) is 0 Å². The number of anilines is 2. The Morgan fingerprint density at radius 2 is 1.18 bits per heavy atom. The van der Waals surface area contributed by atoms with E-state index in [-0.39, 0.29) is 13.2 Å². The third-order valence-corrected chi connectivity index (χ3v) is 6.62. The van der Waals surface area contributed by atoms with Crippen LogP contribution in [0.15, 0.2) is 108 Å². The van der Waals surface area contributed by atoms with Crippen molar-refractivity contribution in [2.75, 3.05) is 10.6 Å². The zero-order valence-corrected chi connectivity index (χ0v) is 23.8. The van der Waals surface area contributed by atoms with Crippen LogP contribution in [0.2, 0.25) is 10.0 Å². The monoisotopic (exact) mass is 626 g/mol. The molecule has 0 heterocycles. The minimum atomic E-state index is -0.517. The lowest BCUT2D eigenvalue weighted by Gasteiger charge is -2.08. The van der Waals surface area contributed by atoms with Crippen LogP contribution < -0.4 is 10.6 Å². The largest absolute Gasteiger partial charge is 0.444 e. The molecule has 0 radical (unpaired) electrons. The van der Waals surface area contributed by atoms with Crippen molar-refractivity contribution in [3.05, 3.63) is 135 Å². The molecular weight excluding hydrogens is 603 g/mol. The van der Waals surface area contributed by atoms with Crippen LogP contribution in [0.4, 0.5) is 21.0 Å². The number of carbonyl (C=O) groups excluding carboxylic acids is 2. The SMILES string of the molecule is C=Cc1ccc(NC(=O)OCc2ccccc2)cc1Cl.O=C(Nc1ccc(Br)c(Cl)c1)OCc1ccccc1. The fraction of sp³-hybridized carbons (Fsp3) is 0.0667. The van der Waals surface area contributed by atoms with E-state index in [9.17, 15) is 9.59 Å². The second-order valence-corrected chi connectivity index (χ2v) is 9.61. The molecule has 0 fully saturated rings. The van der Waals surface area contributed by atoms with Crippen LogP contribution in [0.1, 0.15) is 16.7 Å². The van der Waals surface area contributed by atoms with Gasteiger partial charge in [0, 0.05) is 20.9 Å². The number of ether oxygens (including phenoxy) is 2. The predicted octanol–water partition coefficient (Wildman–Crippen LogP) is 9.58. The molecule has 4 aromatic carbocycles. The zero-order chi connectivity index (χ0) is 28.0. The zero-order valence-electron chi connectivity index (χ0n) is 20.7. The van der Waals surface area contributed by atoms with Crippen molar-refractivity contribution >= 4 is 68.8 Å². The molecule has 4 aromatic rings. The number of benzene rings is 4. The van der Waals surface area contributed by atoms with Gasteiger partial charge in [0.1, 0.15) is 13.2 Å². The molecule has 0 atom stereocenters. The lowest BCUT2D eigenvalue weighted by atomic mass is 10.2. The number of halogens is 3. The number of hydrogen-bond acceptors (Lipinski definition) is 4. The Hall–Kier alpha value is -3.78. The molecule has 2 amide bonds. The Balaban J connectivity index is 0.000000216. The normalized spacial score (nSPS) is 9.92. The molecule has 0 aliphatic heterocycles. The van der Waals surface area contributed by atoms with Gasteiger partial charge in [0.25, 0.3) is 0 Å². The van der Waals surface area contributed by atoms with E-state index in [0.29, 0.717) is 21.4 Å². The first-order chi connectivity index (χ1) is 18.8. The van der Waals surface area contributed by atoms with Gasteiger partial charge in [0.15, 0.2) is 0 Å². The molecule has 0 saturated heterocycles. The first kappa shape index (κ1) is 29.8. The lowest BCUT2D eigenvalue weighted by molar-refractivity contribution is 0.154. The number of carbonyl (C=O) groups is 2. The van der Waals surface area contributed by atoms with Gasteiger partial charge in [0.2, 0.25) is 0 Å². The summed E-state index contributed by atoms with van der Waals surface area (Å²) < 4.78 is 11.0. The first-order valence-electron chi connectivity index (χ1n) is 11.7. The van der Waals surface area contributed by atoms with E-state index in [4.69, 9.17) is 32.7 Å². The van der Waals surface area contributed by atoms with Gasteiger partial charge in [-0.2, -0.15) is 0 Å². The highest BCUT2D eigenvalue weighted by Crippen LogP contribution is 2.25. The Labute approximate surface area is 245 Å². The van der Waals surface area contributed by atoms with Crippen LogP contribution in [0.3, 0.4) is 0 Å². The van der Waals surface area contributed by atoms with Crippen molar-refractivity contribution in [1.29, 1.82) is 0 Å². The second kappa shape index (κ2) is 15.6. The molecule has 0 unspecified atom stereocenters. The molecular formula is C30H25BrCl2N2O4. The summed E-state index contributed by atoms with van der Waals surface area (Å²) in [4.78, 5) is 23.2. The van der Waals surface area contributed by atoms with E-state index in [0.717, 1.165) is 21.2 Å². The molecule has 2 N–H and O–H groups in total. The summed E-state index contributed by atoms with van der Waals surface area (Å²) in [6.07, 6.45) is 0.623. The van der Waals surface area contributed by atoms with Crippen molar-refractivity contribution in [3.63, 3.8) is 0 Å². The first-order valence-corrected chi connectivity index (χ1v) is 13.2. The molecule has 39 heavy (non-hydrogen) atoms. The molecule has 4 rings (SSSR count). The summed E-state index contributed by atoms with van der Waals surface area (Å²) in [5, 5.41) is 6.30. The van der Waals surface area contributed by atoms with E-state index < -0.39 is 12.2 Å². The van der Waals surface area contributed by atoms with Crippen LogP contribution in [-0.4, -0.2) is 12.2 Å². The van der Waals surface area contributed by atoms with Gasteiger partial charge in [-0.1, -0.05) is 103 Å². The molecule has 0 aliphatic rings. The van der Waals surface area contributed by atoms with Gasteiger partial charge in [-0.15, -0.1) is 0 Å². The average molecular weight is 628 g/mol. The highest BCUT2D eigenvalue weighted by Gasteiger charge is 2.07.